The molecule has 17 heavy (non-hydrogen) atoms. The fourth-order valence-electron chi connectivity index (χ4n) is 1.89. The molecular formula is C13H15FN2O. The highest BCUT2D eigenvalue weighted by Crippen LogP contribution is 2.23. The van der Waals surface area contributed by atoms with Gasteiger partial charge in [-0.2, -0.15) is 0 Å². The van der Waals surface area contributed by atoms with Crippen molar-refractivity contribution < 1.29 is 9.18 Å². The maximum Gasteiger partial charge on any atom is 0.226 e. The van der Waals surface area contributed by atoms with Gasteiger partial charge in [0.25, 0.3) is 0 Å². The second-order valence-electron chi connectivity index (χ2n) is 4.38. The van der Waals surface area contributed by atoms with E-state index in [4.69, 9.17) is 0 Å². The number of fused-ring (bicyclic) bond motifs is 1. The first-order valence-electron chi connectivity index (χ1n) is 5.46. The highest BCUT2D eigenvalue weighted by Gasteiger charge is 2.13. The lowest BCUT2D eigenvalue weighted by molar-refractivity contribution is -0.127. The summed E-state index contributed by atoms with van der Waals surface area (Å²) in [6.07, 6.45) is 0.294. The van der Waals surface area contributed by atoms with Crippen LogP contribution in [0.15, 0.2) is 18.2 Å². The number of rotatable bonds is 2. The molecule has 1 aromatic heterocycles. The average molecular weight is 234 g/mol. The zero-order chi connectivity index (χ0) is 12.6. The first-order chi connectivity index (χ1) is 7.99. The molecule has 0 saturated heterocycles. The Labute approximate surface area is 99.2 Å². The summed E-state index contributed by atoms with van der Waals surface area (Å²) in [5, 5.41) is 0.790. The third-order valence-electron chi connectivity index (χ3n) is 2.91. The van der Waals surface area contributed by atoms with E-state index in [1.54, 1.807) is 20.2 Å². The maximum absolute atomic E-state index is 13.2. The number of hydrogen-bond donors (Lipinski definition) is 1. The molecular weight excluding hydrogens is 219 g/mol. The van der Waals surface area contributed by atoms with Gasteiger partial charge in [0.15, 0.2) is 0 Å². The smallest absolute Gasteiger partial charge is 0.226 e. The maximum atomic E-state index is 13.2. The van der Waals surface area contributed by atoms with Crippen molar-refractivity contribution in [1.82, 2.24) is 9.88 Å². The number of aromatic nitrogens is 1. The van der Waals surface area contributed by atoms with Gasteiger partial charge in [0, 0.05) is 30.7 Å². The minimum atomic E-state index is -0.282. The van der Waals surface area contributed by atoms with Crippen molar-refractivity contribution in [3.63, 3.8) is 0 Å². The topological polar surface area (TPSA) is 36.1 Å². The molecule has 1 N–H and O–H groups in total. The molecule has 1 heterocycles. The number of carbonyl (C=O) groups excluding carboxylic acids is 1. The Morgan fingerprint density at radius 2 is 2.12 bits per heavy atom. The van der Waals surface area contributed by atoms with Crippen LogP contribution in [0, 0.1) is 12.7 Å². The van der Waals surface area contributed by atoms with Crippen LogP contribution in [0.5, 0.6) is 0 Å². The molecule has 0 bridgehead atoms. The van der Waals surface area contributed by atoms with Gasteiger partial charge in [-0.25, -0.2) is 4.39 Å². The van der Waals surface area contributed by atoms with Crippen LogP contribution < -0.4 is 0 Å². The van der Waals surface area contributed by atoms with E-state index in [1.807, 2.05) is 6.92 Å². The van der Waals surface area contributed by atoms with Crippen molar-refractivity contribution in [3.8, 4) is 0 Å². The predicted molar refractivity (Wildman–Crippen MR) is 65.4 cm³/mol. The number of nitrogens with one attached hydrogen (secondary N) is 1. The van der Waals surface area contributed by atoms with Gasteiger partial charge in [-0.3, -0.25) is 4.79 Å². The summed E-state index contributed by atoms with van der Waals surface area (Å²) < 4.78 is 13.2. The molecule has 0 unspecified atom stereocenters. The molecule has 0 aliphatic rings. The molecule has 90 valence electrons. The third kappa shape index (κ3) is 2.16. The highest BCUT2D eigenvalue weighted by atomic mass is 19.1. The lowest BCUT2D eigenvalue weighted by Crippen LogP contribution is -2.23. The number of nitrogens with zero attached hydrogens (tertiary/aromatic N) is 1. The lowest BCUT2D eigenvalue weighted by Gasteiger charge is -2.10. The van der Waals surface area contributed by atoms with Crippen LogP contribution in [0.3, 0.4) is 0 Å². The van der Waals surface area contributed by atoms with Gasteiger partial charge in [-0.05, 0) is 30.7 Å². The quantitative estimate of drug-likeness (QED) is 0.850. The summed E-state index contributed by atoms with van der Waals surface area (Å²) >= 11 is 0. The van der Waals surface area contributed by atoms with Crippen LogP contribution in [0.1, 0.15) is 11.3 Å². The first kappa shape index (κ1) is 11.6. The number of amides is 1. The standard InChI is InChI=1S/C13H15FN2O/c1-8-10(7-13(17)16(2)3)11-6-9(14)4-5-12(11)15-8/h4-6,15H,7H2,1-3H3. The van der Waals surface area contributed by atoms with Gasteiger partial charge in [0.1, 0.15) is 5.82 Å². The summed E-state index contributed by atoms with van der Waals surface area (Å²) in [4.78, 5) is 16.4. The summed E-state index contributed by atoms with van der Waals surface area (Å²) in [6, 6.07) is 4.58. The Bertz CT molecular complexity index is 572. The molecule has 3 nitrogen and oxygen atoms in total. The summed E-state index contributed by atoms with van der Waals surface area (Å²) in [5.41, 5.74) is 2.66. The predicted octanol–water partition coefficient (Wildman–Crippen LogP) is 2.25. The monoisotopic (exact) mass is 234 g/mol. The van der Waals surface area contributed by atoms with Crippen molar-refractivity contribution in [3.05, 3.63) is 35.3 Å². The minimum Gasteiger partial charge on any atom is -0.358 e. The number of aryl methyl sites for hydroxylation is 1. The number of halogens is 1. The average Bonchev–Trinajstić information content (AvgIpc) is 2.55. The molecule has 2 aromatic rings. The fourth-order valence-corrected chi connectivity index (χ4v) is 1.89. The molecule has 0 spiro atoms. The van der Waals surface area contributed by atoms with Crippen LogP contribution in [-0.2, 0) is 11.2 Å². The molecule has 0 atom stereocenters. The molecule has 0 fully saturated rings. The van der Waals surface area contributed by atoms with E-state index >= 15 is 0 Å². The van der Waals surface area contributed by atoms with Gasteiger partial charge < -0.3 is 9.88 Å². The Kier molecular flexibility index (Phi) is 2.88. The molecule has 0 saturated carbocycles. The van der Waals surface area contributed by atoms with Crippen molar-refractivity contribution in [2.45, 2.75) is 13.3 Å². The molecule has 0 aliphatic heterocycles. The normalized spacial score (nSPS) is 10.8. The van der Waals surface area contributed by atoms with E-state index in [2.05, 4.69) is 4.98 Å². The van der Waals surface area contributed by atoms with Gasteiger partial charge in [0.05, 0.1) is 6.42 Å². The largest absolute Gasteiger partial charge is 0.358 e. The fraction of sp³-hybridized carbons (Fsp3) is 0.308. The van der Waals surface area contributed by atoms with Gasteiger partial charge in [0.2, 0.25) is 5.91 Å². The molecule has 2 rings (SSSR count). The molecule has 0 aliphatic carbocycles. The highest BCUT2D eigenvalue weighted by molar-refractivity contribution is 5.90. The number of hydrogen-bond acceptors (Lipinski definition) is 1. The lowest BCUT2D eigenvalue weighted by atomic mass is 10.1. The zero-order valence-electron chi connectivity index (χ0n) is 10.2. The molecule has 1 amide bonds. The van der Waals surface area contributed by atoms with Crippen LogP contribution in [0.25, 0.3) is 10.9 Å². The third-order valence-corrected chi connectivity index (χ3v) is 2.91. The summed E-state index contributed by atoms with van der Waals surface area (Å²) in [7, 11) is 3.43. The summed E-state index contributed by atoms with van der Waals surface area (Å²) in [5.74, 6) is -0.270. The van der Waals surface area contributed by atoms with Crippen LogP contribution >= 0.6 is 0 Å². The Hall–Kier alpha value is -1.84. The summed E-state index contributed by atoms with van der Waals surface area (Å²) in [6.45, 7) is 1.90. The Balaban J connectivity index is 2.48. The number of likely N-dealkylation sites (N-methyl/N-ethyl adjacent to an activating group) is 1. The Morgan fingerprint density at radius 1 is 1.41 bits per heavy atom. The number of carbonyl (C=O) groups is 1. The van der Waals surface area contributed by atoms with Crippen LogP contribution in [0.2, 0.25) is 0 Å². The first-order valence-corrected chi connectivity index (χ1v) is 5.46. The van der Waals surface area contributed by atoms with Gasteiger partial charge in [-0.15, -0.1) is 0 Å². The van der Waals surface area contributed by atoms with Crippen molar-refractivity contribution in [1.29, 1.82) is 0 Å². The van der Waals surface area contributed by atoms with Crippen LogP contribution in [-0.4, -0.2) is 29.9 Å². The van der Waals surface area contributed by atoms with Crippen LogP contribution in [0.4, 0.5) is 4.39 Å². The minimum absolute atomic E-state index is 0.0123. The molecule has 4 heteroatoms. The van der Waals surface area contributed by atoms with Gasteiger partial charge in [-0.1, -0.05) is 0 Å². The number of benzene rings is 1. The van der Waals surface area contributed by atoms with E-state index < -0.39 is 0 Å². The Morgan fingerprint density at radius 3 is 2.76 bits per heavy atom. The number of aromatic amines is 1. The van der Waals surface area contributed by atoms with Crippen molar-refractivity contribution >= 4 is 16.8 Å². The zero-order valence-corrected chi connectivity index (χ0v) is 10.2. The number of H-pyrrole nitrogens is 1. The second-order valence-corrected chi connectivity index (χ2v) is 4.38. The van der Waals surface area contributed by atoms with Gasteiger partial charge >= 0.3 is 0 Å². The van der Waals surface area contributed by atoms with E-state index in [0.29, 0.717) is 6.42 Å². The van der Waals surface area contributed by atoms with E-state index in [-0.39, 0.29) is 11.7 Å². The van der Waals surface area contributed by atoms with E-state index in [9.17, 15) is 9.18 Å². The molecule has 0 radical (unpaired) electrons. The van der Waals surface area contributed by atoms with E-state index in [0.717, 1.165) is 22.2 Å². The van der Waals surface area contributed by atoms with Crippen molar-refractivity contribution in [2.75, 3.05) is 14.1 Å². The van der Waals surface area contributed by atoms with Crippen molar-refractivity contribution in [2.24, 2.45) is 0 Å². The molecule has 1 aromatic carbocycles. The SMILES string of the molecule is Cc1[nH]c2ccc(F)cc2c1CC(=O)N(C)C. The van der Waals surface area contributed by atoms with E-state index in [1.165, 1.54) is 17.0 Å². The second kappa shape index (κ2) is 4.20.